The Hall–Kier alpha value is 0.110. The Bertz CT molecular complexity index is 314. The van der Waals surface area contributed by atoms with Crippen LogP contribution in [-0.4, -0.2) is 11.1 Å². The van der Waals surface area contributed by atoms with Crippen LogP contribution >= 0.6 is 45.2 Å². The van der Waals surface area contributed by atoms with Crippen LogP contribution in [0.5, 0.6) is 0 Å². The van der Waals surface area contributed by atoms with Crippen LogP contribution in [0.3, 0.4) is 0 Å². The van der Waals surface area contributed by atoms with Crippen molar-refractivity contribution < 1.29 is 10.0 Å². The Morgan fingerprint density at radius 1 is 1.33 bits per heavy atom. The molecule has 64 valence electrons. The normalized spacial score (nSPS) is 9.58. The third kappa shape index (κ3) is 2.30. The van der Waals surface area contributed by atoms with Gasteiger partial charge in [0.25, 0.3) is 5.91 Å². The summed E-state index contributed by atoms with van der Waals surface area (Å²) in [6, 6.07) is 5.20. The molecule has 0 bridgehead atoms. The highest BCUT2D eigenvalue weighted by Gasteiger charge is 2.05. The van der Waals surface area contributed by atoms with E-state index in [0.29, 0.717) is 5.56 Å². The number of hydrogen-bond donors (Lipinski definition) is 2. The Kier molecular flexibility index (Phi) is 3.72. The van der Waals surface area contributed by atoms with Gasteiger partial charge in [0.1, 0.15) is 0 Å². The van der Waals surface area contributed by atoms with Crippen molar-refractivity contribution >= 4 is 51.1 Å². The number of carbonyl (C=O) groups is 1. The predicted molar refractivity (Wildman–Crippen MR) is 61.1 cm³/mol. The lowest BCUT2D eigenvalue weighted by Gasteiger charge is -2.00. The van der Waals surface area contributed by atoms with Gasteiger partial charge in [-0.15, -0.1) is 0 Å². The fourth-order valence-electron chi connectivity index (χ4n) is 0.702. The van der Waals surface area contributed by atoms with Gasteiger partial charge in [-0.1, -0.05) is 0 Å². The van der Waals surface area contributed by atoms with E-state index in [2.05, 4.69) is 45.2 Å². The molecule has 0 heterocycles. The van der Waals surface area contributed by atoms with E-state index < -0.39 is 5.91 Å². The molecule has 2 N–H and O–H groups in total. The molecular formula is C7H5I2NO2. The van der Waals surface area contributed by atoms with Gasteiger partial charge in [0.05, 0.1) is 0 Å². The lowest BCUT2D eigenvalue weighted by atomic mass is 10.2. The van der Waals surface area contributed by atoms with Crippen LogP contribution in [0.4, 0.5) is 0 Å². The van der Waals surface area contributed by atoms with Crippen molar-refractivity contribution in [2.45, 2.75) is 0 Å². The van der Waals surface area contributed by atoms with Crippen LogP contribution < -0.4 is 5.48 Å². The topological polar surface area (TPSA) is 49.3 Å². The van der Waals surface area contributed by atoms with E-state index in [-0.39, 0.29) is 0 Å². The Morgan fingerprint density at radius 2 is 2.00 bits per heavy atom. The summed E-state index contributed by atoms with van der Waals surface area (Å²) in [6.07, 6.45) is 0. The summed E-state index contributed by atoms with van der Waals surface area (Å²) in [7, 11) is 0. The van der Waals surface area contributed by atoms with Gasteiger partial charge >= 0.3 is 0 Å². The summed E-state index contributed by atoms with van der Waals surface area (Å²) in [5.41, 5.74) is 2.04. The summed E-state index contributed by atoms with van der Waals surface area (Å²) in [4.78, 5) is 10.9. The van der Waals surface area contributed by atoms with Crippen LogP contribution in [0.25, 0.3) is 0 Å². The zero-order chi connectivity index (χ0) is 9.14. The quantitative estimate of drug-likeness (QED) is 0.439. The molecule has 1 aromatic rings. The molecule has 1 amide bonds. The van der Waals surface area contributed by atoms with E-state index in [9.17, 15) is 4.79 Å². The Labute approximate surface area is 96.8 Å². The zero-order valence-electron chi connectivity index (χ0n) is 5.84. The van der Waals surface area contributed by atoms with Crippen molar-refractivity contribution in [3.63, 3.8) is 0 Å². The highest BCUT2D eigenvalue weighted by atomic mass is 127. The lowest BCUT2D eigenvalue weighted by Crippen LogP contribution is -2.18. The first-order valence-corrected chi connectivity index (χ1v) is 5.20. The van der Waals surface area contributed by atoms with Crippen molar-refractivity contribution in [3.8, 4) is 0 Å². The number of amides is 1. The van der Waals surface area contributed by atoms with Gasteiger partial charge in [0.2, 0.25) is 0 Å². The minimum absolute atomic E-state index is 0.460. The molecule has 0 aliphatic carbocycles. The Morgan fingerprint density at radius 3 is 2.50 bits per heavy atom. The number of nitrogens with one attached hydrogen (secondary N) is 1. The number of halogens is 2. The molecule has 0 saturated heterocycles. The van der Waals surface area contributed by atoms with E-state index in [0.717, 1.165) is 7.14 Å². The van der Waals surface area contributed by atoms with Gasteiger partial charge in [0, 0.05) is 12.7 Å². The summed E-state index contributed by atoms with van der Waals surface area (Å²) < 4.78 is 2.08. The van der Waals surface area contributed by atoms with E-state index in [1.54, 1.807) is 17.6 Å². The zero-order valence-corrected chi connectivity index (χ0v) is 10.2. The second-order valence-electron chi connectivity index (χ2n) is 2.07. The molecule has 0 spiro atoms. The molecule has 0 aliphatic heterocycles. The second-order valence-corrected chi connectivity index (χ2v) is 4.39. The van der Waals surface area contributed by atoms with Gasteiger partial charge < -0.3 is 0 Å². The second kappa shape index (κ2) is 4.38. The fourth-order valence-corrected chi connectivity index (χ4v) is 1.55. The maximum absolute atomic E-state index is 10.9. The molecule has 0 radical (unpaired) electrons. The van der Waals surface area contributed by atoms with Crippen molar-refractivity contribution in [2.24, 2.45) is 0 Å². The third-order valence-corrected chi connectivity index (χ3v) is 4.15. The highest BCUT2D eigenvalue weighted by Crippen LogP contribution is 2.16. The smallest absolute Gasteiger partial charge is 0.274 e. The van der Waals surface area contributed by atoms with Gasteiger partial charge in [-0.25, -0.2) is 5.48 Å². The summed E-state index contributed by atoms with van der Waals surface area (Å²) in [5, 5.41) is 8.34. The number of rotatable bonds is 1. The van der Waals surface area contributed by atoms with Crippen LogP contribution in [0.15, 0.2) is 18.2 Å². The van der Waals surface area contributed by atoms with Crippen LogP contribution in [0, 0.1) is 7.14 Å². The summed E-state index contributed by atoms with van der Waals surface area (Å²) in [6.45, 7) is 0. The fraction of sp³-hybridized carbons (Fsp3) is 0. The van der Waals surface area contributed by atoms with E-state index in [1.165, 1.54) is 0 Å². The largest absolute Gasteiger partial charge is 0.288 e. The molecule has 3 nitrogen and oxygen atoms in total. The number of benzene rings is 1. The predicted octanol–water partition coefficient (Wildman–Crippen LogP) is 2.01. The molecule has 0 aromatic heterocycles. The van der Waals surface area contributed by atoms with Crippen molar-refractivity contribution in [3.05, 3.63) is 30.9 Å². The van der Waals surface area contributed by atoms with Crippen LogP contribution in [0.1, 0.15) is 10.4 Å². The van der Waals surface area contributed by atoms with Gasteiger partial charge in [-0.3, -0.25) is 10.0 Å². The molecule has 0 saturated carbocycles. The van der Waals surface area contributed by atoms with Gasteiger partial charge in [-0.05, 0) is 63.4 Å². The van der Waals surface area contributed by atoms with Crippen molar-refractivity contribution in [2.75, 3.05) is 0 Å². The maximum Gasteiger partial charge on any atom is 0.274 e. The van der Waals surface area contributed by atoms with Crippen molar-refractivity contribution in [1.82, 2.24) is 5.48 Å². The Balaban J connectivity index is 3.05. The number of hydrogen-bond acceptors (Lipinski definition) is 2. The lowest BCUT2D eigenvalue weighted by molar-refractivity contribution is 0.0706. The minimum atomic E-state index is -0.482. The third-order valence-electron chi connectivity index (χ3n) is 1.28. The molecule has 1 aromatic carbocycles. The van der Waals surface area contributed by atoms with E-state index in [4.69, 9.17) is 5.21 Å². The molecule has 0 aliphatic rings. The average molecular weight is 389 g/mol. The maximum atomic E-state index is 10.9. The number of carbonyl (C=O) groups excluding carboxylic acids is 1. The molecule has 0 unspecified atom stereocenters. The van der Waals surface area contributed by atoms with Gasteiger partial charge in [-0.2, -0.15) is 0 Å². The number of hydroxylamine groups is 1. The average Bonchev–Trinajstić information content (AvgIpc) is 2.08. The van der Waals surface area contributed by atoms with Crippen molar-refractivity contribution in [1.29, 1.82) is 0 Å². The van der Waals surface area contributed by atoms with Gasteiger partial charge in [0.15, 0.2) is 0 Å². The monoisotopic (exact) mass is 389 g/mol. The first kappa shape index (κ1) is 10.2. The van der Waals surface area contributed by atoms with Crippen LogP contribution in [0.2, 0.25) is 0 Å². The molecule has 1 rings (SSSR count). The van der Waals surface area contributed by atoms with Crippen LogP contribution in [-0.2, 0) is 0 Å². The summed E-state index contributed by atoms with van der Waals surface area (Å²) >= 11 is 4.31. The standard InChI is InChI=1S/C7H5I2NO2/c8-5-2-1-4(3-6(5)9)7(11)10-12/h1-3,12H,(H,10,11). The molecule has 0 atom stereocenters. The first-order valence-electron chi connectivity index (χ1n) is 3.04. The molecule has 5 heteroatoms. The molecular weight excluding hydrogens is 384 g/mol. The van der Waals surface area contributed by atoms with E-state index in [1.807, 2.05) is 6.07 Å². The minimum Gasteiger partial charge on any atom is -0.288 e. The SMILES string of the molecule is O=C(NO)c1ccc(I)c(I)c1. The first-order chi connectivity index (χ1) is 5.65. The van der Waals surface area contributed by atoms with E-state index >= 15 is 0 Å². The molecule has 12 heavy (non-hydrogen) atoms. The summed E-state index contributed by atoms with van der Waals surface area (Å²) in [5.74, 6) is -0.482. The highest BCUT2D eigenvalue weighted by molar-refractivity contribution is 14.1. The molecule has 0 fully saturated rings.